The topological polar surface area (TPSA) is 50.6 Å². The predicted molar refractivity (Wildman–Crippen MR) is 86.2 cm³/mol. The van der Waals surface area contributed by atoms with Crippen LogP contribution in [0.2, 0.25) is 0 Å². The van der Waals surface area contributed by atoms with Gasteiger partial charge in [0, 0.05) is 52.0 Å². The number of aryl methyl sites for hydroxylation is 1. The second-order valence-electron chi connectivity index (χ2n) is 6.91. The zero-order chi connectivity index (χ0) is 15.6. The van der Waals surface area contributed by atoms with Crippen LogP contribution in [-0.4, -0.2) is 64.4 Å². The zero-order valence-corrected chi connectivity index (χ0v) is 13.7. The van der Waals surface area contributed by atoms with Gasteiger partial charge in [-0.15, -0.1) is 0 Å². The number of ether oxygens (including phenoxy) is 1. The van der Waals surface area contributed by atoms with Crippen molar-refractivity contribution in [2.24, 2.45) is 0 Å². The molecule has 1 aromatic rings. The SMILES string of the molecule is O=C(c1cc2n(n1)CCCN(C1CCOCC1)C2)N1CCCC1. The van der Waals surface area contributed by atoms with Crippen LogP contribution in [0.15, 0.2) is 6.07 Å². The van der Waals surface area contributed by atoms with Crippen molar-refractivity contribution in [3.8, 4) is 0 Å². The molecule has 126 valence electrons. The smallest absolute Gasteiger partial charge is 0.274 e. The summed E-state index contributed by atoms with van der Waals surface area (Å²) in [4.78, 5) is 17.1. The molecule has 0 N–H and O–H groups in total. The van der Waals surface area contributed by atoms with E-state index in [9.17, 15) is 4.79 Å². The largest absolute Gasteiger partial charge is 0.381 e. The minimum absolute atomic E-state index is 0.112. The molecule has 0 aliphatic carbocycles. The second kappa shape index (κ2) is 6.61. The van der Waals surface area contributed by atoms with E-state index in [1.165, 1.54) is 5.69 Å². The fourth-order valence-electron chi connectivity index (χ4n) is 4.04. The van der Waals surface area contributed by atoms with Crippen molar-refractivity contribution in [3.05, 3.63) is 17.5 Å². The molecule has 0 saturated carbocycles. The maximum absolute atomic E-state index is 12.6. The van der Waals surface area contributed by atoms with Gasteiger partial charge in [0.25, 0.3) is 5.91 Å². The van der Waals surface area contributed by atoms with Gasteiger partial charge < -0.3 is 9.64 Å². The number of carbonyl (C=O) groups is 1. The summed E-state index contributed by atoms with van der Waals surface area (Å²) in [6.07, 6.45) is 5.58. The molecular formula is C17H26N4O2. The first-order valence-electron chi connectivity index (χ1n) is 8.99. The molecule has 23 heavy (non-hydrogen) atoms. The Morgan fingerprint density at radius 3 is 2.65 bits per heavy atom. The molecular weight excluding hydrogens is 292 g/mol. The van der Waals surface area contributed by atoms with Crippen molar-refractivity contribution in [1.82, 2.24) is 19.6 Å². The van der Waals surface area contributed by atoms with E-state index in [-0.39, 0.29) is 5.91 Å². The summed E-state index contributed by atoms with van der Waals surface area (Å²) >= 11 is 0. The molecule has 2 saturated heterocycles. The Morgan fingerprint density at radius 2 is 1.87 bits per heavy atom. The number of amides is 1. The number of carbonyl (C=O) groups excluding carboxylic acids is 1. The summed E-state index contributed by atoms with van der Waals surface area (Å²) in [7, 11) is 0. The van der Waals surface area contributed by atoms with Gasteiger partial charge in [0.2, 0.25) is 0 Å². The van der Waals surface area contributed by atoms with Gasteiger partial charge in [-0.1, -0.05) is 0 Å². The Kier molecular flexibility index (Phi) is 4.35. The lowest BCUT2D eigenvalue weighted by atomic mass is 10.1. The van der Waals surface area contributed by atoms with E-state index in [1.54, 1.807) is 0 Å². The number of nitrogens with zero attached hydrogens (tertiary/aromatic N) is 4. The van der Waals surface area contributed by atoms with Gasteiger partial charge in [0.15, 0.2) is 5.69 Å². The molecule has 0 atom stereocenters. The van der Waals surface area contributed by atoms with Gasteiger partial charge >= 0.3 is 0 Å². The third kappa shape index (κ3) is 3.15. The van der Waals surface area contributed by atoms with Gasteiger partial charge in [-0.25, -0.2) is 0 Å². The minimum Gasteiger partial charge on any atom is -0.381 e. The number of fused-ring (bicyclic) bond motifs is 1. The third-order valence-corrected chi connectivity index (χ3v) is 5.36. The van der Waals surface area contributed by atoms with Crippen LogP contribution in [0.3, 0.4) is 0 Å². The van der Waals surface area contributed by atoms with Crippen molar-refractivity contribution >= 4 is 5.91 Å². The fraction of sp³-hybridized carbons (Fsp3) is 0.765. The molecule has 0 unspecified atom stereocenters. The molecule has 1 amide bonds. The maximum atomic E-state index is 12.6. The molecule has 2 fully saturated rings. The van der Waals surface area contributed by atoms with Crippen molar-refractivity contribution < 1.29 is 9.53 Å². The molecule has 6 heteroatoms. The average molecular weight is 318 g/mol. The molecule has 1 aromatic heterocycles. The summed E-state index contributed by atoms with van der Waals surface area (Å²) in [5, 5.41) is 4.61. The summed E-state index contributed by atoms with van der Waals surface area (Å²) in [5.41, 5.74) is 1.83. The van der Waals surface area contributed by atoms with E-state index in [2.05, 4.69) is 14.7 Å². The fourth-order valence-corrected chi connectivity index (χ4v) is 4.04. The molecule has 0 bridgehead atoms. The standard InChI is InChI=1S/C17H26N4O2/c22-17(19-6-1-2-7-19)16-12-15-13-20(8-3-9-21(15)18-16)14-4-10-23-11-5-14/h12,14H,1-11,13H2. The van der Waals surface area contributed by atoms with Crippen LogP contribution >= 0.6 is 0 Å². The van der Waals surface area contributed by atoms with Crippen LogP contribution < -0.4 is 0 Å². The molecule has 0 aromatic carbocycles. The van der Waals surface area contributed by atoms with Gasteiger partial charge in [-0.2, -0.15) is 5.10 Å². The molecule has 3 aliphatic rings. The van der Waals surface area contributed by atoms with Crippen LogP contribution in [0.5, 0.6) is 0 Å². The number of aromatic nitrogens is 2. The van der Waals surface area contributed by atoms with E-state index in [0.29, 0.717) is 11.7 Å². The van der Waals surface area contributed by atoms with Crippen molar-refractivity contribution in [3.63, 3.8) is 0 Å². The molecule has 6 nitrogen and oxygen atoms in total. The molecule has 0 spiro atoms. The predicted octanol–water partition coefficient (Wildman–Crippen LogP) is 1.50. The lowest BCUT2D eigenvalue weighted by Crippen LogP contribution is -2.39. The van der Waals surface area contributed by atoms with Gasteiger partial charge in [-0.05, 0) is 38.2 Å². The quantitative estimate of drug-likeness (QED) is 0.829. The lowest BCUT2D eigenvalue weighted by molar-refractivity contribution is 0.0315. The van der Waals surface area contributed by atoms with Gasteiger partial charge in [-0.3, -0.25) is 14.4 Å². The first kappa shape index (κ1) is 15.1. The third-order valence-electron chi connectivity index (χ3n) is 5.36. The summed E-state index contributed by atoms with van der Waals surface area (Å²) in [5.74, 6) is 0.112. The average Bonchev–Trinajstić information content (AvgIpc) is 3.21. The molecule has 0 radical (unpaired) electrons. The minimum atomic E-state index is 0.112. The monoisotopic (exact) mass is 318 g/mol. The first-order valence-corrected chi connectivity index (χ1v) is 8.99. The summed E-state index contributed by atoms with van der Waals surface area (Å²) in [6, 6.07) is 2.64. The molecule has 4 rings (SSSR count). The Morgan fingerprint density at radius 1 is 1.09 bits per heavy atom. The Hall–Kier alpha value is -1.40. The van der Waals surface area contributed by atoms with Crippen molar-refractivity contribution in [2.75, 3.05) is 32.8 Å². The molecule has 3 aliphatic heterocycles. The number of likely N-dealkylation sites (tertiary alicyclic amines) is 1. The first-order chi connectivity index (χ1) is 11.3. The highest BCUT2D eigenvalue weighted by molar-refractivity contribution is 5.92. The van der Waals surface area contributed by atoms with Crippen molar-refractivity contribution in [2.45, 2.75) is 51.2 Å². The highest BCUT2D eigenvalue weighted by Gasteiger charge is 2.27. The van der Waals surface area contributed by atoms with E-state index >= 15 is 0 Å². The van der Waals surface area contributed by atoms with E-state index in [4.69, 9.17) is 4.74 Å². The van der Waals surface area contributed by atoms with Crippen LogP contribution in [0, 0.1) is 0 Å². The zero-order valence-electron chi connectivity index (χ0n) is 13.7. The Labute approximate surface area is 137 Å². The van der Waals surface area contributed by atoms with Crippen molar-refractivity contribution in [1.29, 1.82) is 0 Å². The van der Waals surface area contributed by atoms with Crippen LogP contribution in [0.1, 0.15) is 48.3 Å². The maximum Gasteiger partial charge on any atom is 0.274 e. The van der Waals surface area contributed by atoms with Gasteiger partial charge in [0.1, 0.15) is 0 Å². The second-order valence-corrected chi connectivity index (χ2v) is 6.91. The lowest BCUT2D eigenvalue weighted by Gasteiger charge is -2.33. The van der Waals surface area contributed by atoms with E-state index < -0.39 is 0 Å². The highest BCUT2D eigenvalue weighted by Crippen LogP contribution is 2.22. The van der Waals surface area contributed by atoms with Crippen LogP contribution in [0.4, 0.5) is 0 Å². The van der Waals surface area contributed by atoms with E-state index in [0.717, 1.165) is 78.0 Å². The Balaban J connectivity index is 1.49. The summed E-state index contributed by atoms with van der Waals surface area (Å²) < 4.78 is 7.55. The van der Waals surface area contributed by atoms with E-state index in [1.807, 2.05) is 11.0 Å². The number of hydrogen-bond acceptors (Lipinski definition) is 4. The Bertz CT molecular complexity index is 559. The number of rotatable bonds is 2. The van der Waals surface area contributed by atoms with Gasteiger partial charge in [0.05, 0.1) is 5.69 Å². The summed E-state index contributed by atoms with van der Waals surface area (Å²) in [6.45, 7) is 6.46. The normalized spacial score (nSPS) is 23.7. The van der Waals surface area contributed by atoms with Crippen LogP contribution in [0.25, 0.3) is 0 Å². The highest BCUT2D eigenvalue weighted by atomic mass is 16.5. The molecule has 4 heterocycles. The number of hydrogen-bond donors (Lipinski definition) is 0. The van der Waals surface area contributed by atoms with Crippen LogP contribution in [-0.2, 0) is 17.8 Å².